The summed E-state index contributed by atoms with van der Waals surface area (Å²) in [6, 6.07) is 0. The fourth-order valence-electron chi connectivity index (χ4n) is 1.88. The molecule has 0 aliphatic carbocycles. The Morgan fingerprint density at radius 1 is 1.56 bits per heavy atom. The van der Waals surface area contributed by atoms with Crippen LogP contribution >= 0.6 is 11.3 Å². The van der Waals surface area contributed by atoms with Crippen LogP contribution in [0.25, 0.3) is 10.2 Å². The minimum Gasteiger partial charge on any atom is -0.397 e. The van der Waals surface area contributed by atoms with Gasteiger partial charge < -0.3 is 16.8 Å². The molecule has 0 aliphatic heterocycles. The van der Waals surface area contributed by atoms with Gasteiger partial charge in [0.1, 0.15) is 9.71 Å². The van der Waals surface area contributed by atoms with Crippen molar-refractivity contribution in [2.45, 2.75) is 13.3 Å². The molecule has 2 rings (SSSR count). The molecular formula is C11H17N5OS. The van der Waals surface area contributed by atoms with Crippen molar-refractivity contribution in [3.63, 3.8) is 0 Å². The quantitative estimate of drug-likeness (QED) is 0.706. The number of nitrogen functional groups attached to an aromatic ring is 1. The maximum atomic E-state index is 12.0. The first-order chi connectivity index (χ1) is 8.56. The number of anilines is 1. The molecule has 18 heavy (non-hydrogen) atoms. The summed E-state index contributed by atoms with van der Waals surface area (Å²) in [5, 5.41) is 7.98. The van der Waals surface area contributed by atoms with Crippen LogP contribution < -0.4 is 16.8 Å². The third-order valence-electron chi connectivity index (χ3n) is 2.75. The van der Waals surface area contributed by atoms with E-state index in [1.807, 2.05) is 14.0 Å². The van der Waals surface area contributed by atoms with E-state index >= 15 is 0 Å². The van der Waals surface area contributed by atoms with E-state index in [1.165, 1.54) is 11.3 Å². The lowest BCUT2D eigenvalue weighted by molar-refractivity contribution is 0.0958. The van der Waals surface area contributed by atoms with Gasteiger partial charge in [-0.2, -0.15) is 5.10 Å². The van der Waals surface area contributed by atoms with E-state index < -0.39 is 0 Å². The number of carbonyl (C=O) groups excluding carboxylic acids is 1. The largest absolute Gasteiger partial charge is 0.397 e. The Bertz CT molecular complexity index is 586. The third-order valence-corrected chi connectivity index (χ3v) is 4.03. The molecule has 2 heterocycles. The number of aryl methyl sites for hydroxylation is 2. The van der Waals surface area contributed by atoms with Crippen LogP contribution in [0.3, 0.4) is 0 Å². The van der Waals surface area contributed by atoms with E-state index in [2.05, 4.69) is 10.4 Å². The summed E-state index contributed by atoms with van der Waals surface area (Å²) in [6.45, 7) is 3.02. The summed E-state index contributed by atoms with van der Waals surface area (Å²) in [5.74, 6) is -0.137. The number of aromatic nitrogens is 2. The Hall–Kier alpha value is -1.60. The zero-order valence-electron chi connectivity index (χ0n) is 10.5. The molecule has 0 fully saturated rings. The standard InChI is InChI=1S/C11H17N5OS/c1-6-7-8(13)9(10(17)14-5-3-4-12)18-11(7)16(2)15-6/h3-5,12-13H2,1-2H3,(H,14,17). The lowest BCUT2D eigenvalue weighted by Crippen LogP contribution is -2.25. The van der Waals surface area contributed by atoms with Gasteiger partial charge in [-0.1, -0.05) is 0 Å². The number of carbonyl (C=O) groups is 1. The molecule has 2 aromatic rings. The van der Waals surface area contributed by atoms with Crippen LogP contribution in [0, 0.1) is 6.92 Å². The van der Waals surface area contributed by atoms with Gasteiger partial charge in [-0.25, -0.2) is 0 Å². The Labute approximate surface area is 109 Å². The number of nitrogens with zero attached hydrogens (tertiary/aromatic N) is 2. The van der Waals surface area contributed by atoms with Gasteiger partial charge in [-0.05, 0) is 19.9 Å². The monoisotopic (exact) mass is 267 g/mol. The Balaban J connectivity index is 2.31. The number of nitrogens with one attached hydrogen (secondary N) is 1. The molecule has 0 unspecified atom stereocenters. The second kappa shape index (κ2) is 4.95. The van der Waals surface area contributed by atoms with E-state index in [4.69, 9.17) is 11.5 Å². The van der Waals surface area contributed by atoms with E-state index in [-0.39, 0.29) is 5.91 Å². The smallest absolute Gasteiger partial charge is 0.263 e. The molecule has 0 radical (unpaired) electrons. The van der Waals surface area contributed by atoms with Crippen molar-refractivity contribution in [3.05, 3.63) is 10.6 Å². The summed E-state index contributed by atoms with van der Waals surface area (Å²) >= 11 is 1.37. The minimum absolute atomic E-state index is 0.137. The molecule has 0 bridgehead atoms. The molecule has 0 spiro atoms. The molecule has 7 heteroatoms. The van der Waals surface area contributed by atoms with Crippen LogP contribution in [0.4, 0.5) is 5.69 Å². The van der Waals surface area contributed by atoms with E-state index in [0.717, 1.165) is 22.3 Å². The molecule has 0 saturated heterocycles. The van der Waals surface area contributed by atoms with Gasteiger partial charge in [0.15, 0.2) is 0 Å². The first kappa shape index (κ1) is 12.8. The number of fused-ring (bicyclic) bond motifs is 1. The van der Waals surface area contributed by atoms with Crippen LogP contribution in [0.2, 0.25) is 0 Å². The normalized spacial score (nSPS) is 11.1. The van der Waals surface area contributed by atoms with Crippen LogP contribution in [0.5, 0.6) is 0 Å². The summed E-state index contributed by atoms with van der Waals surface area (Å²) in [4.78, 5) is 13.5. The fraction of sp³-hybridized carbons (Fsp3) is 0.455. The van der Waals surface area contributed by atoms with Crippen molar-refractivity contribution < 1.29 is 4.79 Å². The number of nitrogens with two attached hydrogens (primary N) is 2. The highest BCUT2D eigenvalue weighted by Gasteiger charge is 2.20. The van der Waals surface area contributed by atoms with Crippen LogP contribution in [-0.2, 0) is 7.05 Å². The average molecular weight is 267 g/mol. The molecule has 0 aromatic carbocycles. The number of hydrogen-bond acceptors (Lipinski definition) is 5. The van der Waals surface area contributed by atoms with E-state index in [0.29, 0.717) is 23.7 Å². The summed E-state index contributed by atoms with van der Waals surface area (Å²) < 4.78 is 1.75. The predicted molar refractivity (Wildman–Crippen MR) is 73.7 cm³/mol. The molecule has 1 amide bonds. The molecule has 6 nitrogen and oxygen atoms in total. The van der Waals surface area contributed by atoms with E-state index in [1.54, 1.807) is 4.68 Å². The van der Waals surface area contributed by atoms with Crippen molar-refractivity contribution in [3.8, 4) is 0 Å². The van der Waals surface area contributed by atoms with Crippen molar-refractivity contribution in [1.82, 2.24) is 15.1 Å². The molecule has 0 saturated carbocycles. The summed E-state index contributed by atoms with van der Waals surface area (Å²) in [5.41, 5.74) is 12.8. The number of rotatable bonds is 4. The van der Waals surface area contributed by atoms with Gasteiger partial charge in [0.05, 0.1) is 16.8 Å². The fourth-order valence-corrected chi connectivity index (χ4v) is 2.99. The van der Waals surface area contributed by atoms with Crippen LogP contribution in [0.15, 0.2) is 0 Å². The highest BCUT2D eigenvalue weighted by molar-refractivity contribution is 7.21. The second-order valence-electron chi connectivity index (χ2n) is 4.13. The highest BCUT2D eigenvalue weighted by Crippen LogP contribution is 2.35. The molecule has 2 aromatic heterocycles. The molecule has 0 aliphatic rings. The lowest BCUT2D eigenvalue weighted by Gasteiger charge is -2.02. The van der Waals surface area contributed by atoms with Gasteiger partial charge >= 0.3 is 0 Å². The SMILES string of the molecule is Cc1nn(C)c2sc(C(=O)NCCCN)c(N)c12. The minimum atomic E-state index is -0.137. The van der Waals surface area contributed by atoms with Crippen LogP contribution in [0.1, 0.15) is 21.8 Å². The van der Waals surface area contributed by atoms with Gasteiger partial charge in [0.2, 0.25) is 0 Å². The van der Waals surface area contributed by atoms with Crippen molar-refractivity contribution >= 4 is 33.1 Å². The molecular weight excluding hydrogens is 250 g/mol. The molecule has 0 atom stereocenters. The Kier molecular flexibility index (Phi) is 3.53. The second-order valence-corrected chi connectivity index (χ2v) is 5.13. The predicted octanol–water partition coefficient (Wildman–Crippen LogP) is 0.604. The van der Waals surface area contributed by atoms with E-state index in [9.17, 15) is 4.79 Å². The Morgan fingerprint density at radius 3 is 2.89 bits per heavy atom. The summed E-state index contributed by atoms with van der Waals surface area (Å²) in [6.07, 6.45) is 0.761. The van der Waals surface area contributed by atoms with Crippen molar-refractivity contribution in [1.29, 1.82) is 0 Å². The van der Waals surface area contributed by atoms with Gasteiger partial charge in [-0.15, -0.1) is 11.3 Å². The Morgan fingerprint density at radius 2 is 2.28 bits per heavy atom. The number of thiophene rings is 1. The highest BCUT2D eigenvalue weighted by atomic mass is 32.1. The zero-order valence-corrected chi connectivity index (χ0v) is 11.3. The first-order valence-corrected chi connectivity index (χ1v) is 6.57. The van der Waals surface area contributed by atoms with Gasteiger partial charge in [0.25, 0.3) is 5.91 Å². The average Bonchev–Trinajstić information content (AvgIpc) is 2.80. The summed E-state index contributed by atoms with van der Waals surface area (Å²) in [7, 11) is 1.85. The first-order valence-electron chi connectivity index (χ1n) is 5.76. The topological polar surface area (TPSA) is 99.0 Å². The lowest BCUT2D eigenvalue weighted by atomic mass is 10.2. The zero-order chi connectivity index (χ0) is 13.3. The maximum Gasteiger partial charge on any atom is 0.263 e. The molecule has 5 N–H and O–H groups in total. The van der Waals surface area contributed by atoms with Gasteiger partial charge in [-0.3, -0.25) is 9.48 Å². The third kappa shape index (κ3) is 2.06. The van der Waals surface area contributed by atoms with Gasteiger partial charge in [0, 0.05) is 13.6 Å². The number of hydrogen-bond donors (Lipinski definition) is 3. The van der Waals surface area contributed by atoms with Crippen LogP contribution in [-0.4, -0.2) is 28.8 Å². The van der Waals surface area contributed by atoms with Crippen molar-refractivity contribution in [2.75, 3.05) is 18.8 Å². The van der Waals surface area contributed by atoms with Crippen molar-refractivity contribution in [2.24, 2.45) is 12.8 Å². The molecule has 98 valence electrons. The number of amides is 1. The maximum absolute atomic E-state index is 12.0.